The average molecular weight is 1390 g/mol. The molecule has 0 unspecified atom stereocenters. The van der Waals surface area contributed by atoms with Crippen molar-refractivity contribution >= 4 is 28.4 Å². The first-order valence-electron chi connectivity index (χ1n) is 40.3. The van der Waals surface area contributed by atoms with Gasteiger partial charge in [0.25, 0.3) is 0 Å². The lowest BCUT2D eigenvalue weighted by Gasteiger charge is -2.22. The zero-order valence-electron chi connectivity index (χ0n) is 66.5. The molecule has 0 fully saturated rings. The number of ether oxygens (including phenoxy) is 3. The van der Waals surface area contributed by atoms with Crippen molar-refractivity contribution in [2.45, 2.75) is 254 Å². The summed E-state index contributed by atoms with van der Waals surface area (Å²) in [7, 11) is 0. The third kappa shape index (κ3) is 22.8. The number of nitrogens with one attached hydrogen (secondary N) is 5. The molecule has 0 atom stereocenters. The molecule has 0 spiro atoms. The van der Waals surface area contributed by atoms with E-state index in [1.54, 1.807) is 5.56 Å². The van der Waals surface area contributed by atoms with Crippen LogP contribution in [-0.2, 0) is 51.4 Å². The summed E-state index contributed by atoms with van der Waals surface area (Å²) in [6.07, 6.45) is 18.3. The topological polar surface area (TPSA) is 87.8 Å². The molecule has 5 N–H and O–H groups in total. The fourth-order valence-electron chi connectivity index (χ4n) is 15.0. The van der Waals surface area contributed by atoms with Crippen LogP contribution in [0.3, 0.4) is 0 Å². The van der Waals surface area contributed by atoms with E-state index < -0.39 is 0 Å². The summed E-state index contributed by atoms with van der Waals surface area (Å²) in [6.45, 7) is 44.2. The maximum absolute atomic E-state index is 5.61. The van der Waals surface area contributed by atoms with Gasteiger partial charge < -0.3 is 40.8 Å². The highest BCUT2D eigenvalue weighted by molar-refractivity contribution is 5.63. The van der Waals surface area contributed by atoms with Gasteiger partial charge in [-0.3, -0.25) is 0 Å². The van der Waals surface area contributed by atoms with Crippen molar-refractivity contribution in [3.63, 3.8) is 0 Å². The van der Waals surface area contributed by atoms with Crippen molar-refractivity contribution in [1.82, 2.24) is 0 Å². The molecule has 0 aliphatic carbocycles. The maximum Gasteiger partial charge on any atom is 0.122 e. The van der Waals surface area contributed by atoms with Crippen LogP contribution in [0.25, 0.3) is 0 Å². The number of hydrogen-bond donors (Lipinski definition) is 5. The Morgan fingerprint density at radius 1 is 0.243 bits per heavy atom. The minimum atomic E-state index is 0.593. The third-order valence-corrected chi connectivity index (χ3v) is 21.3. The Bertz CT molecular complexity index is 3520. The molecule has 8 aliphatic rings. The van der Waals surface area contributed by atoms with Crippen LogP contribution in [0.4, 0.5) is 28.4 Å². The zero-order chi connectivity index (χ0) is 73.4. The van der Waals surface area contributed by atoms with E-state index in [-0.39, 0.29) is 0 Å². The molecule has 8 aliphatic heterocycles. The summed E-state index contributed by atoms with van der Waals surface area (Å²) in [5.74, 6) is 8.31. The number of para-hydroxylation sites is 2. The van der Waals surface area contributed by atoms with Crippen molar-refractivity contribution in [3.05, 3.63) is 235 Å². The van der Waals surface area contributed by atoms with Crippen LogP contribution in [0, 0.1) is 0 Å². The molecule has 8 nitrogen and oxygen atoms in total. The summed E-state index contributed by atoms with van der Waals surface area (Å²) < 4.78 is 16.8. The number of hydrogen-bond acceptors (Lipinski definition) is 8. The molecule has 0 saturated carbocycles. The van der Waals surface area contributed by atoms with E-state index in [9.17, 15) is 0 Å². The molecule has 8 aromatic carbocycles. The summed E-state index contributed by atoms with van der Waals surface area (Å²) in [6, 6.07) is 53.2. The second-order valence-corrected chi connectivity index (χ2v) is 31.9. The highest BCUT2D eigenvalue weighted by atomic mass is 16.5. The molecule has 0 saturated heterocycles. The minimum Gasteiger partial charge on any atom is -0.493 e. The highest BCUT2D eigenvalue weighted by Gasteiger charge is 2.20. The van der Waals surface area contributed by atoms with Gasteiger partial charge in [0.1, 0.15) is 17.2 Å². The van der Waals surface area contributed by atoms with E-state index in [0.29, 0.717) is 47.3 Å². The van der Waals surface area contributed by atoms with Crippen molar-refractivity contribution in [3.8, 4) is 17.2 Å². The predicted molar refractivity (Wildman–Crippen MR) is 445 cm³/mol. The second-order valence-electron chi connectivity index (χ2n) is 31.9. The van der Waals surface area contributed by atoms with Crippen molar-refractivity contribution in [2.24, 2.45) is 0 Å². The van der Waals surface area contributed by atoms with Gasteiger partial charge in [-0.05, 0) is 269 Å². The van der Waals surface area contributed by atoms with Gasteiger partial charge in [0.15, 0.2) is 0 Å². The van der Waals surface area contributed by atoms with Gasteiger partial charge in [-0.25, -0.2) is 0 Å². The fourth-order valence-corrected chi connectivity index (χ4v) is 15.0. The summed E-state index contributed by atoms with van der Waals surface area (Å²) >= 11 is 0. The smallest absolute Gasteiger partial charge is 0.122 e. The van der Waals surface area contributed by atoms with Crippen LogP contribution < -0.4 is 40.8 Å². The molecule has 8 aromatic rings. The monoisotopic (exact) mass is 1390 g/mol. The van der Waals surface area contributed by atoms with E-state index in [1.807, 2.05) is 0 Å². The van der Waals surface area contributed by atoms with Gasteiger partial charge >= 0.3 is 0 Å². The number of aryl methyl sites for hydroxylation is 5. The standard InChI is InChI=1S/4C12H17N.3C12H16O.C11H15N/c1-9(2)10-5-3-7-12-11(10)6-4-8-13-12;1-9(2)11-7-3-5-10-6-4-8-13-12(10)11;1-9(2)10-5-6-12-11(8-10)4-3-7-13-12;1-9(2)11-6-5-10-4-3-7-13-12(10)8-11;1-9(2)10-5-3-7-12-11(10)6-4-8-13-12;1-9(2)10-5-6-12-11(8-10)4-3-7-13-12;1-9(2)11-6-5-10-4-3-7-13-12(10)8-11;1-8(2)10-5-3-4-9-6-7-12-11(9)10/h2*3,5,7,9,13H,4,6,8H2,1-2H3;2*5-6,8-9,13H,3-4,7H2,1-2H3;3,5,7,9H,4,6,8H2,1-2H3;2*5-6,8-9H,3-4,7H2,1-2H3;3-5,8,12H,6-7H2,1-2H3. The lowest BCUT2D eigenvalue weighted by molar-refractivity contribution is 0.287. The quantitative estimate of drug-likeness (QED) is 0.103. The Balaban J connectivity index is 0.000000137. The Hall–Kier alpha value is -7.84. The Labute approximate surface area is 624 Å². The van der Waals surface area contributed by atoms with Crippen molar-refractivity contribution in [2.75, 3.05) is 79.1 Å². The van der Waals surface area contributed by atoms with Gasteiger partial charge in [0.05, 0.1) is 19.8 Å². The first kappa shape index (κ1) is 79.3. The van der Waals surface area contributed by atoms with Gasteiger partial charge in [0, 0.05) is 61.2 Å². The van der Waals surface area contributed by atoms with Gasteiger partial charge in [-0.2, -0.15) is 0 Å². The Morgan fingerprint density at radius 3 is 1.27 bits per heavy atom. The van der Waals surface area contributed by atoms with E-state index in [2.05, 4.69) is 283 Å². The molecule has 0 aromatic heterocycles. The molecule has 8 heteroatoms. The van der Waals surface area contributed by atoms with Crippen LogP contribution in [0.2, 0.25) is 0 Å². The molecule has 0 bridgehead atoms. The number of benzene rings is 8. The highest BCUT2D eigenvalue weighted by Crippen LogP contribution is 2.37. The Morgan fingerprint density at radius 2 is 0.650 bits per heavy atom. The summed E-state index contributed by atoms with van der Waals surface area (Å²) in [5.41, 5.74) is 30.2. The lowest BCUT2D eigenvalue weighted by Crippen LogP contribution is -2.14. The molecule has 0 amide bonds. The first-order valence-corrected chi connectivity index (χ1v) is 40.3. The number of rotatable bonds is 8. The number of fused-ring (bicyclic) bond motifs is 8. The molecule has 16 rings (SSSR count). The first-order chi connectivity index (χ1) is 49.7. The van der Waals surface area contributed by atoms with Gasteiger partial charge in [-0.15, -0.1) is 0 Å². The largest absolute Gasteiger partial charge is 0.493 e. The molecular formula is C95H131N5O3. The third-order valence-electron chi connectivity index (χ3n) is 21.3. The molecule has 0 radical (unpaired) electrons. The minimum absolute atomic E-state index is 0.593. The van der Waals surface area contributed by atoms with E-state index in [4.69, 9.17) is 14.2 Å². The fraction of sp³-hybridized carbons (Fsp3) is 0.495. The Kier molecular flexibility index (Phi) is 30.7. The molecule has 8 heterocycles. The normalized spacial score (nSPS) is 15.2. The van der Waals surface area contributed by atoms with Crippen molar-refractivity contribution in [1.29, 1.82) is 0 Å². The zero-order valence-corrected chi connectivity index (χ0v) is 66.5. The van der Waals surface area contributed by atoms with Crippen LogP contribution in [-0.4, -0.2) is 52.5 Å². The van der Waals surface area contributed by atoms with Crippen LogP contribution in [0.5, 0.6) is 17.2 Å². The van der Waals surface area contributed by atoms with E-state index in [1.165, 1.54) is 189 Å². The van der Waals surface area contributed by atoms with Crippen LogP contribution >= 0.6 is 0 Å². The van der Waals surface area contributed by atoms with Crippen LogP contribution in [0.15, 0.2) is 146 Å². The lowest BCUT2D eigenvalue weighted by atomic mass is 9.91. The average Bonchev–Trinajstić information content (AvgIpc) is 1.77. The molecule has 103 heavy (non-hydrogen) atoms. The van der Waals surface area contributed by atoms with Crippen LogP contribution in [0.1, 0.15) is 292 Å². The summed E-state index contributed by atoms with van der Waals surface area (Å²) in [4.78, 5) is 0. The predicted octanol–water partition coefficient (Wildman–Crippen LogP) is 24.9. The summed E-state index contributed by atoms with van der Waals surface area (Å²) in [5, 5.41) is 17.3. The molecular weight excluding hydrogens is 1260 g/mol. The van der Waals surface area contributed by atoms with Gasteiger partial charge in [0.2, 0.25) is 0 Å². The SMILES string of the molecule is CC(C)c1ccc2c(c1)CCCN2.CC(C)c1ccc2c(c1)CCCO2.CC(C)c1ccc2c(c1)NCCC2.CC(C)c1ccc2c(c1)OCCC2.CC(C)c1cccc2c1CCCN2.CC(C)c1cccc2c1CCCO2.CC(C)c1cccc2c1NCC2.CC(C)c1cccc2c1NCCC2. The van der Waals surface area contributed by atoms with E-state index >= 15 is 0 Å². The maximum atomic E-state index is 5.61. The molecule has 554 valence electrons. The van der Waals surface area contributed by atoms with Gasteiger partial charge in [-0.1, -0.05) is 220 Å². The number of anilines is 5. The van der Waals surface area contributed by atoms with E-state index in [0.717, 1.165) is 89.1 Å². The van der Waals surface area contributed by atoms with Crippen molar-refractivity contribution < 1.29 is 14.2 Å². The second kappa shape index (κ2) is 39.9.